The van der Waals surface area contributed by atoms with E-state index < -0.39 is 18.2 Å². The lowest BCUT2D eigenvalue weighted by Crippen LogP contribution is -2.46. The topological polar surface area (TPSA) is 95.9 Å². The third kappa shape index (κ3) is 40.1. The Morgan fingerprint density at radius 1 is 0.517 bits per heavy atom. The van der Waals surface area contributed by atoms with E-state index in [1.54, 1.807) is 0 Å². The summed E-state index contributed by atoms with van der Waals surface area (Å²) in [4.78, 5) is 26.0. The summed E-state index contributed by atoms with van der Waals surface area (Å²) in [6.07, 6.45) is 56.8. The number of hydrogen-bond acceptors (Lipinski definition) is 5. The first kappa shape index (κ1) is 55.3. The SMILES string of the molecule is CC\C=C/C=C/C=C/C=C\C=C\C=C\CCCC(CC(=O)NC(CO)C(O)CCCCCCCCCCCCCCCC)OC(=O)CCCCCCCCCCCC. The fraction of sp³-hybridized carbons (Fsp3) is 0.731. The van der Waals surface area contributed by atoms with Crippen molar-refractivity contribution in [2.24, 2.45) is 0 Å². The molecule has 0 aliphatic heterocycles. The molecule has 0 aromatic carbocycles. The van der Waals surface area contributed by atoms with E-state index in [2.05, 4.69) is 38.2 Å². The number of carbonyl (C=O) groups excluding carboxylic acids is 2. The first-order chi connectivity index (χ1) is 28.5. The number of unbranched alkanes of at least 4 members (excludes halogenated alkanes) is 23. The van der Waals surface area contributed by atoms with Crippen LogP contribution in [0.2, 0.25) is 0 Å². The van der Waals surface area contributed by atoms with Crippen molar-refractivity contribution < 1.29 is 24.5 Å². The number of nitrogens with one attached hydrogen (secondary N) is 1. The van der Waals surface area contributed by atoms with Gasteiger partial charge in [0, 0.05) is 6.42 Å². The van der Waals surface area contributed by atoms with E-state index in [1.807, 2.05) is 60.8 Å². The molecule has 6 heteroatoms. The molecule has 58 heavy (non-hydrogen) atoms. The van der Waals surface area contributed by atoms with Gasteiger partial charge in [-0.05, 0) is 38.5 Å². The third-order valence-corrected chi connectivity index (χ3v) is 10.7. The Morgan fingerprint density at radius 3 is 1.38 bits per heavy atom. The summed E-state index contributed by atoms with van der Waals surface area (Å²) in [6, 6.07) is -0.726. The quantitative estimate of drug-likeness (QED) is 0.0324. The fourth-order valence-electron chi connectivity index (χ4n) is 7.06. The predicted molar refractivity (Wildman–Crippen MR) is 250 cm³/mol. The molecule has 0 fully saturated rings. The van der Waals surface area contributed by atoms with Gasteiger partial charge in [0.05, 0.1) is 25.2 Å². The van der Waals surface area contributed by atoms with Gasteiger partial charge in [0.2, 0.25) is 5.91 Å². The van der Waals surface area contributed by atoms with Crippen LogP contribution in [0.4, 0.5) is 0 Å². The number of hydrogen-bond donors (Lipinski definition) is 3. The van der Waals surface area contributed by atoms with Crippen molar-refractivity contribution in [3.8, 4) is 0 Å². The van der Waals surface area contributed by atoms with Crippen molar-refractivity contribution in [2.45, 2.75) is 238 Å². The molecule has 0 radical (unpaired) electrons. The van der Waals surface area contributed by atoms with Gasteiger partial charge in [-0.15, -0.1) is 0 Å². The van der Waals surface area contributed by atoms with Gasteiger partial charge in [0.1, 0.15) is 6.10 Å². The van der Waals surface area contributed by atoms with E-state index in [-0.39, 0.29) is 24.9 Å². The average Bonchev–Trinajstić information content (AvgIpc) is 3.22. The molecular weight excluding hydrogens is 719 g/mol. The monoisotopic (exact) mass is 810 g/mol. The first-order valence-corrected chi connectivity index (χ1v) is 24.2. The lowest BCUT2D eigenvalue weighted by Gasteiger charge is -2.24. The minimum Gasteiger partial charge on any atom is -0.462 e. The highest BCUT2D eigenvalue weighted by Gasteiger charge is 2.24. The second kappa shape index (κ2) is 45.4. The van der Waals surface area contributed by atoms with Crippen molar-refractivity contribution in [3.63, 3.8) is 0 Å². The number of esters is 1. The average molecular weight is 810 g/mol. The molecular formula is C52H91NO5. The maximum atomic E-state index is 13.1. The Labute approximate surface area is 358 Å². The number of carbonyl (C=O) groups is 2. The number of aliphatic hydroxyl groups is 2. The molecule has 0 bridgehead atoms. The van der Waals surface area contributed by atoms with Crippen LogP contribution in [0.15, 0.2) is 72.9 Å². The number of rotatable bonds is 42. The molecule has 0 heterocycles. The van der Waals surface area contributed by atoms with Gasteiger partial charge < -0.3 is 20.3 Å². The smallest absolute Gasteiger partial charge is 0.306 e. The summed E-state index contributed by atoms with van der Waals surface area (Å²) in [7, 11) is 0. The maximum Gasteiger partial charge on any atom is 0.306 e. The summed E-state index contributed by atoms with van der Waals surface area (Å²) in [5, 5.41) is 23.7. The number of amides is 1. The molecule has 0 saturated heterocycles. The van der Waals surface area contributed by atoms with Gasteiger partial charge >= 0.3 is 5.97 Å². The van der Waals surface area contributed by atoms with Gasteiger partial charge in [-0.3, -0.25) is 9.59 Å². The predicted octanol–water partition coefficient (Wildman–Crippen LogP) is 14.2. The highest BCUT2D eigenvalue weighted by atomic mass is 16.5. The normalized spacial score (nSPS) is 13.9. The lowest BCUT2D eigenvalue weighted by molar-refractivity contribution is -0.151. The maximum absolute atomic E-state index is 13.1. The van der Waals surface area contributed by atoms with Crippen LogP contribution in [-0.2, 0) is 14.3 Å². The molecule has 1 amide bonds. The van der Waals surface area contributed by atoms with E-state index in [9.17, 15) is 19.8 Å². The number of aliphatic hydroxyl groups excluding tert-OH is 2. The second-order valence-corrected chi connectivity index (χ2v) is 16.3. The highest BCUT2D eigenvalue weighted by molar-refractivity contribution is 5.77. The molecule has 3 unspecified atom stereocenters. The number of ether oxygens (including phenoxy) is 1. The van der Waals surface area contributed by atoms with Gasteiger partial charge in [-0.2, -0.15) is 0 Å². The van der Waals surface area contributed by atoms with E-state index >= 15 is 0 Å². The van der Waals surface area contributed by atoms with Gasteiger partial charge in [0.15, 0.2) is 0 Å². The second-order valence-electron chi connectivity index (χ2n) is 16.3. The van der Waals surface area contributed by atoms with E-state index in [0.717, 1.165) is 57.8 Å². The summed E-state index contributed by atoms with van der Waals surface area (Å²) < 4.78 is 5.87. The number of allylic oxidation sites excluding steroid dienone is 12. The van der Waals surface area contributed by atoms with Gasteiger partial charge in [-0.25, -0.2) is 0 Å². The van der Waals surface area contributed by atoms with Crippen LogP contribution < -0.4 is 5.32 Å². The van der Waals surface area contributed by atoms with Crippen molar-refractivity contribution in [3.05, 3.63) is 72.9 Å². The highest BCUT2D eigenvalue weighted by Crippen LogP contribution is 2.17. The summed E-state index contributed by atoms with van der Waals surface area (Å²) >= 11 is 0. The van der Waals surface area contributed by atoms with E-state index in [0.29, 0.717) is 19.3 Å². The first-order valence-electron chi connectivity index (χ1n) is 24.2. The van der Waals surface area contributed by atoms with Crippen LogP contribution in [0, 0.1) is 0 Å². The molecule has 0 saturated carbocycles. The largest absolute Gasteiger partial charge is 0.462 e. The van der Waals surface area contributed by atoms with E-state index in [1.165, 1.54) is 116 Å². The zero-order chi connectivity index (χ0) is 42.4. The van der Waals surface area contributed by atoms with Crippen LogP contribution in [0.5, 0.6) is 0 Å². The van der Waals surface area contributed by atoms with E-state index in [4.69, 9.17) is 4.74 Å². The van der Waals surface area contributed by atoms with Crippen molar-refractivity contribution in [2.75, 3.05) is 6.61 Å². The minimum atomic E-state index is -0.808. The summed E-state index contributed by atoms with van der Waals surface area (Å²) in [5.74, 6) is -0.552. The molecule has 0 aliphatic rings. The van der Waals surface area contributed by atoms with Crippen LogP contribution in [-0.4, -0.2) is 46.9 Å². The van der Waals surface area contributed by atoms with Crippen LogP contribution in [0.1, 0.15) is 220 Å². The standard InChI is InChI=1S/C52H91NO5/c1-4-7-10-13-16-19-22-24-26-27-29-31-34-37-40-43-48(58-52(57)45-42-39-36-33-21-18-15-12-9-6-3)46-51(56)53-49(47-54)50(55)44-41-38-35-32-30-28-25-23-20-17-14-11-8-5-2/h7,10,13,16,19,22,24,26-27,29,31,34,48-50,54-55H,4-6,8-9,11-12,14-15,17-18,20-21,23,25,28,30,32-33,35-47H2,1-3H3,(H,53,56)/b10-7-,16-13+,22-19+,26-24-,29-27+,34-31+. The lowest BCUT2D eigenvalue weighted by atomic mass is 10.0. The molecule has 0 aromatic heterocycles. The third-order valence-electron chi connectivity index (χ3n) is 10.7. The zero-order valence-corrected chi connectivity index (χ0v) is 37.9. The van der Waals surface area contributed by atoms with Crippen LogP contribution in [0.25, 0.3) is 0 Å². The van der Waals surface area contributed by atoms with Crippen LogP contribution >= 0.6 is 0 Å². The Morgan fingerprint density at radius 2 is 0.931 bits per heavy atom. The zero-order valence-electron chi connectivity index (χ0n) is 37.9. The Kier molecular flexibility index (Phi) is 43.3. The molecule has 3 N–H and O–H groups in total. The van der Waals surface area contributed by atoms with Crippen molar-refractivity contribution in [1.82, 2.24) is 5.32 Å². The molecule has 0 aliphatic carbocycles. The summed E-state index contributed by atoms with van der Waals surface area (Å²) in [5.41, 5.74) is 0. The fourth-order valence-corrected chi connectivity index (χ4v) is 7.06. The summed E-state index contributed by atoms with van der Waals surface area (Å²) in [6.45, 7) is 6.30. The molecule has 3 atom stereocenters. The molecule has 0 aromatic rings. The molecule has 0 rings (SSSR count). The minimum absolute atomic E-state index is 0.0257. The molecule has 6 nitrogen and oxygen atoms in total. The van der Waals surface area contributed by atoms with Gasteiger partial charge in [-0.1, -0.05) is 241 Å². The van der Waals surface area contributed by atoms with Crippen molar-refractivity contribution in [1.29, 1.82) is 0 Å². The van der Waals surface area contributed by atoms with Gasteiger partial charge in [0.25, 0.3) is 0 Å². The van der Waals surface area contributed by atoms with Crippen LogP contribution in [0.3, 0.4) is 0 Å². The van der Waals surface area contributed by atoms with Crippen molar-refractivity contribution >= 4 is 11.9 Å². The molecule has 334 valence electrons. The Hall–Kier alpha value is -2.70. The Balaban J connectivity index is 4.71. The molecule has 0 spiro atoms. The Bertz CT molecular complexity index is 1090.